The molecule has 8 nitrogen and oxygen atoms in total. The minimum absolute atomic E-state index is 0.0248. The Balaban J connectivity index is 1.34. The lowest BCUT2D eigenvalue weighted by Gasteiger charge is -2.28. The molecule has 4 amide bonds. The van der Waals surface area contributed by atoms with Crippen molar-refractivity contribution in [1.82, 2.24) is 10.6 Å². The molecule has 0 unspecified atom stereocenters. The largest absolute Gasteiger partial charge is 0.348 e. The predicted molar refractivity (Wildman–Crippen MR) is 95.9 cm³/mol. The second kappa shape index (κ2) is 8.92. The van der Waals surface area contributed by atoms with E-state index in [1.165, 1.54) is 23.1 Å². The molecule has 1 aliphatic heterocycles. The molecule has 1 saturated heterocycles. The van der Waals surface area contributed by atoms with E-state index in [4.69, 9.17) is 0 Å². The molecule has 1 aliphatic carbocycles. The van der Waals surface area contributed by atoms with Gasteiger partial charge < -0.3 is 20.4 Å². The second-order valence-corrected chi connectivity index (χ2v) is 7.18. The van der Waals surface area contributed by atoms with Gasteiger partial charge in [-0.05, 0) is 25.0 Å². The summed E-state index contributed by atoms with van der Waals surface area (Å²) in [7, 11) is 0. The van der Waals surface area contributed by atoms with Crippen LogP contribution in [0.3, 0.4) is 0 Å². The zero-order chi connectivity index (χ0) is 19.2. The Bertz CT molecular complexity index is 702. The highest BCUT2D eigenvalue weighted by Gasteiger charge is 2.29. The first kappa shape index (κ1) is 19.2. The summed E-state index contributed by atoms with van der Waals surface area (Å²) in [5.74, 6) is -0.872. The number of halogens is 1. The van der Waals surface area contributed by atoms with Crippen LogP contribution < -0.4 is 25.8 Å². The molecule has 0 atom stereocenters. The summed E-state index contributed by atoms with van der Waals surface area (Å²) in [4.78, 5) is 38.0. The van der Waals surface area contributed by atoms with Crippen LogP contribution in [0.2, 0.25) is 0 Å². The minimum Gasteiger partial charge on any atom is -0.348 e. The number of imide groups is 1. The van der Waals surface area contributed by atoms with E-state index in [2.05, 4.69) is 16.0 Å². The van der Waals surface area contributed by atoms with Gasteiger partial charge in [-0.2, -0.15) is 0 Å². The van der Waals surface area contributed by atoms with Gasteiger partial charge in [0, 0.05) is 6.04 Å². The molecular formula is C18H26FN5O3+2. The number of urea groups is 1. The summed E-state index contributed by atoms with van der Waals surface area (Å²) in [6.07, 6.45) is 2.16. The molecule has 2 aliphatic rings. The van der Waals surface area contributed by atoms with Crippen LogP contribution in [0.25, 0.3) is 0 Å². The third-order valence-corrected chi connectivity index (χ3v) is 4.80. The molecule has 0 radical (unpaired) electrons. The normalized spacial score (nSPS) is 22.0. The predicted octanol–water partition coefficient (Wildman–Crippen LogP) is -2.46. The second-order valence-electron chi connectivity index (χ2n) is 7.18. The van der Waals surface area contributed by atoms with Gasteiger partial charge in [0.15, 0.2) is 13.1 Å². The maximum atomic E-state index is 13.5. The van der Waals surface area contributed by atoms with Crippen LogP contribution in [0.4, 0.5) is 14.9 Å². The number of hydrogen-bond acceptors (Lipinski definition) is 3. The van der Waals surface area contributed by atoms with E-state index >= 15 is 0 Å². The molecule has 0 aromatic heterocycles. The first-order valence-corrected chi connectivity index (χ1v) is 9.31. The zero-order valence-electron chi connectivity index (χ0n) is 15.1. The van der Waals surface area contributed by atoms with E-state index in [0.29, 0.717) is 12.6 Å². The van der Waals surface area contributed by atoms with Crippen molar-refractivity contribution in [2.45, 2.75) is 18.9 Å². The first-order chi connectivity index (χ1) is 13.0. The van der Waals surface area contributed by atoms with Gasteiger partial charge in [-0.1, -0.05) is 12.1 Å². The lowest BCUT2D eigenvalue weighted by atomic mass is 10.3. The smallest absolute Gasteiger partial charge is 0.326 e. The van der Waals surface area contributed by atoms with Crippen LogP contribution in [0.5, 0.6) is 0 Å². The fraction of sp³-hybridized carbons (Fsp3) is 0.500. The number of hydrogen-bond donors (Lipinski definition) is 5. The first-order valence-electron chi connectivity index (χ1n) is 9.31. The molecule has 2 fully saturated rings. The van der Waals surface area contributed by atoms with E-state index < -0.39 is 17.8 Å². The summed E-state index contributed by atoms with van der Waals surface area (Å²) in [5, 5.41) is 7.54. The number of quaternary nitrogens is 2. The Labute approximate surface area is 157 Å². The van der Waals surface area contributed by atoms with Crippen molar-refractivity contribution in [3.05, 3.63) is 30.1 Å². The number of amides is 4. The summed E-state index contributed by atoms with van der Waals surface area (Å²) in [5.41, 5.74) is 0.0248. The molecule has 0 bridgehead atoms. The number of carbonyl (C=O) groups is 3. The third-order valence-electron chi connectivity index (χ3n) is 4.80. The molecule has 146 valence electrons. The summed E-state index contributed by atoms with van der Waals surface area (Å²) >= 11 is 0. The lowest BCUT2D eigenvalue weighted by Crippen LogP contribution is -3.28. The van der Waals surface area contributed by atoms with Crippen LogP contribution in [-0.4, -0.2) is 63.2 Å². The van der Waals surface area contributed by atoms with Gasteiger partial charge in [-0.3, -0.25) is 14.9 Å². The Morgan fingerprint density at radius 1 is 0.963 bits per heavy atom. The highest BCUT2D eigenvalue weighted by molar-refractivity contribution is 6.01. The minimum atomic E-state index is -0.745. The van der Waals surface area contributed by atoms with Crippen LogP contribution in [0.1, 0.15) is 12.8 Å². The van der Waals surface area contributed by atoms with Crippen LogP contribution in [-0.2, 0) is 9.59 Å². The number of nitrogens with one attached hydrogen (secondary N) is 5. The van der Waals surface area contributed by atoms with Crippen LogP contribution >= 0.6 is 0 Å². The summed E-state index contributed by atoms with van der Waals surface area (Å²) in [6.45, 7) is 3.78. The van der Waals surface area contributed by atoms with Gasteiger partial charge >= 0.3 is 6.03 Å². The van der Waals surface area contributed by atoms with Crippen molar-refractivity contribution in [2.24, 2.45) is 0 Å². The molecule has 1 aromatic carbocycles. The number of para-hydroxylation sites is 1. The lowest BCUT2D eigenvalue weighted by molar-refractivity contribution is -1.00. The number of piperazine rings is 1. The quantitative estimate of drug-likeness (QED) is 0.379. The maximum absolute atomic E-state index is 13.5. The van der Waals surface area contributed by atoms with Crippen molar-refractivity contribution in [1.29, 1.82) is 0 Å². The number of carbonyl (C=O) groups excluding carboxylic acids is 3. The molecule has 9 heteroatoms. The summed E-state index contributed by atoms with van der Waals surface area (Å²) < 4.78 is 13.5. The molecule has 1 saturated carbocycles. The average molecular weight is 379 g/mol. The van der Waals surface area contributed by atoms with E-state index in [9.17, 15) is 18.8 Å². The number of anilines is 1. The molecule has 5 N–H and O–H groups in total. The van der Waals surface area contributed by atoms with Crippen molar-refractivity contribution in [2.75, 3.05) is 44.6 Å². The topological polar surface area (TPSA) is 96.2 Å². The molecule has 3 rings (SSSR count). The van der Waals surface area contributed by atoms with Gasteiger partial charge in [-0.25, -0.2) is 9.18 Å². The molecular weight excluding hydrogens is 353 g/mol. The third kappa shape index (κ3) is 6.30. The highest BCUT2D eigenvalue weighted by Crippen LogP contribution is 2.18. The van der Waals surface area contributed by atoms with E-state index in [1.54, 1.807) is 6.07 Å². The fourth-order valence-electron chi connectivity index (χ4n) is 3.16. The Morgan fingerprint density at radius 2 is 1.56 bits per heavy atom. The van der Waals surface area contributed by atoms with Gasteiger partial charge in [0.25, 0.3) is 11.8 Å². The van der Waals surface area contributed by atoms with Crippen molar-refractivity contribution in [3.8, 4) is 0 Å². The van der Waals surface area contributed by atoms with E-state index in [0.717, 1.165) is 43.9 Å². The van der Waals surface area contributed by atoms with Gasteiger partial charge in [0.1, 0.15) is 32.0 Å². The zero-order valence-corrected chi connectivity index (χ0v) is 15.1. The van der Waals surface area contributed by atoms with Crippen molar-refractivity contribution >= 4 is 23.5 Å². The Hall–Kier alpha value is -2.52. The maximum Gasteiger partial charge on any atom is 0.326 e. The van der Waals surface area contributed by atoms with Crippen molar-refractivity contribution < 1.29 is 28.6 Å². The monoisotopic (exact) mass is 379 g/mol. The van der Waals surface area contributed by atoms with E-state index in [1.807, 2.05) is 0 Å². The van der Waals surface area contributed by atoms with Crippen LogP contribution in [0.15, 0.2) is 24.3 Å². The Morgan fingerprint density at radius 3 is 2.15 bits per heavy atom. The van der Waals surface area contributed by atoms with Gasteiger partial charge in [-0.15, -0.1) is 0 Å². The SMILES string of the molecule is O=C(C[NH+]1CC[NH+](CC(=O)NC2CC2)CC1)NC(=O)Nc1ccccc1F. The molecule has 1 heterocycles. The average Bonchev–Trinajstić information content (AvgIpc) is 3.42. The number of rotatable bonds is 6. The number of benzene rings is 1. The van der Waals surface area contributed by atoms with E-state index in [-0.39, 0.29) is 18.1 Å². The van der Waals surface area contributed by atoms with Gasteiger partial charge in [0.2, 0.25) is 0 Å². The summed E-state index contributed by atoms with van der Waals surface area (Å²) in [6, 6.07) is 5.40. The van der Waals surface area contributed by atoms with Gasteiger partial charge in [0.05, 0.1) is 5.69 Å². The standard InChI is InChI=1S/C18H24FN5O3/c19-14-3-1-2-4-15(14)21-18(27)22-17(26)12-24-9-7-23(8-10-24)11-16(25)20-13-5-6-13/h1-4,13H,5-12H2,(H,20,25)(H2,21,22,26,27)/p+2. The van der Waals surface area contributed by atoms with Crippen molar-refractivity contribution in [3.63, 3.8) is 0 Å². The molecule has 27 heavy (non-hydrogen) atoms. The molecule has 0 spiro atoms. The van der Waals surface area contributed by atoms with Crippen LogP contribution in [0, 0.1) is 5.82 Å². The fourth-order valence-corrected chi connectivity index (χ4v) is 3.16. The highest BCUT2D eigenvalue weighted by atomic mass is 19.1. The Kier molecular flexibility index (Phi) is 6.36. The molecule has 1 aromatic rings.